The Labute approximate surface area is 214 Å². The van der Waals surface area contributed by atoms with Crippen LogP contribution in [0.25, 0.3) is 10.9 Å². The maximum Gasteiger partial charge on any atom is 0.490 e. The van der Waals surface area contributed by atoms with E-state index < -0.39 is 24.3 Å². The van der Waals surface area contributed by atoms with Crippen molar-refractivity contribution >= 4 is 22.8 Å². The molecule has 1 atom stereocenters. The predicted molar refractivity (Wildman–Crippen MR) is 122 cm³/mol. The smallest absolute Gasteiger partial charge is 0.475 e. The number of alkyl halides is 6. The lowest BCUT2D eigenvalue weighted by Crippen LogP contribution is -2.40. The number of methoxy groups -OCH3 is 1. The monoisotopic (exact) mass is 554 g/mol. The van der Waals surface area contributed by atoms with Gasteiger partial charge in [0.15, 0.2) is 0 Å². The van der Waals surface area contributed by atoms with Crippen LogP contribution in [0, 0.1) is 5.41 Å². The third kappa shape index (κ3) is 9.72. The Morgan fingerprint density at radius 3 is 2.11 bits per heavy atom. The quantitative estimate of drug-likeness (QED) is 0.532. The lowest BCUT2D eigenvalue weighted by molar-refractivity contribution is -0.193. The van der Waals surface area contributed by atoms with Crippen LogP contribution in [0.3, 0.4) is 0 Å². The van der Waals surface area contributed by atoms with E-state index in [0.717, 1.165) is 44.8 Å². The second kappa shape index (κ2) is 13.2. The Morgan fingerprint density at radius 2 is 1.58 bits per heavy atom. The number of piperidine rings is 1. The maximum absolute atomic E-state index is 10.6. The van der Waals surface area contributed by atoms with Gasteiger partial charge in [0.05, 0.1) is 30.5 Å². The van der Waals surface area contributed by atoms with E-state index in [9.17, 15) is 26.3 Å². The molecule has 1 spiro atoms. The van der Waals surface area contributed by atoms with E-state index in [-0.39, 0.29) is 0 Å². The maximum atomic E-state index is 10.6. The highest BCUT2D eigenvalue weighted by atomic mass is 19.4. The van der Waals surface area contributed by atoms with E-state index in [4.69, 9.17) is 34.3 Å². The van der Waals surface area contributed by atoms with Crippen LogP contribution in [0.1, 0.15) is 25.0 Å². The van der Waals surface area contributed by atoms with Gasteiger partial charge in [0.1, 0.15) is 0 Å². The number of para-hydroxylation sites is 1. The number of ether oxygens (including phenoxy) is 2. The number of halogens is 6. The number of aromatic nitrogens is 1. The van der Waals surface area contributed by atoms with Gasteiger partial charge in [-0.2, -0.15) is 26.3 Å². The summed E-state index contributed by atoms with van der Waals surface area (Å²) in [6.07, 6.45) is -6.27. The van der Waals surface area contributed by atoms with Crippen molar-refractivity contribution < 1.29 is 55.6 Å². The molecule has 0 amide bonds. The molecule has 2 fully saturated rings. The highest BCUT2D eigenvalue weighted by Gasteiger charge is 2.42. The fourth-order valence-corrected chi connectivity index (χ4v) is 4.15. The van der Waals surface area contributed by atoms with Gasteiger partial charge in [-0.15, -0.1) is 0 Å². The molecule has 1 aromatic carbocycles. The number of nitrogens with zero attached hydrogens (tertiary/aromatic N) is 2. The molecule has 0 saturated carbocycles. The summed E-state index contributed by atoms with van der Waals surface area (Å²) in [6, 6.07) is 12.7. The first-order valence-corrected chi connectivity index (χ1v) is 11.4. The molecular weight excluding hydrogens is 526 g/mol. The van der Waals surface area contributed by atoms with E-state index in [1.165, 1.54) is 23.9 Å². The molecule has 1 aromatic heterocycles. The second-order valence-electron chi connectivity index (χ2n) is 8.97. The van der Waals surface area contributed by atoms with Gasteiger partial charge in [-0.3, -0.25) is 9.88 Å². The minimum Gasteiger partial charge on any atom is -0.475 e. The minimum atomic E-state index is -5.08. The van der Waals surface area contributed by atoms with Crippen molar-refractivity contribution in [2.45, 2.75) is 44.3 Å². The van der Waals surface area contributed by atoms with Gasteiger partial charge in [0.2, 0.25) is 0 Å². The lowest BCUT2D eigenvalue weighted by atomic mass is 9.76. The fourth-order valence-electron chi connectivity index (χ4n) is 4.15. The van der Waals surface area contributed by atoms with Crippen LogP contribution in [0.2, 0.25) is 0 Å². The number of hydrogen-bond acceptors (Lipinski definition) is 6. The molecule has 2 aromatic rings. The van der Waals surface area contributed by atoms with Crippen LogP contribution in [0.4, 0.5) is 26.3 Å². The van der Waals surface area contributed by atoms with Crippen LogP contribution in [0.5, 0.6) is 0 Å². The third-order valence-electron chi connectivity index (χ3n) is 6.08. The summed E-state index contributed by atoms with van der Waals surface area (Å²) >= 11 is 0. The summed E-state index contributed by atoms with van der Waals surface area (Å²) in [5.74, 6) is -5.51. The number of benzene rings is 1. The Bertz CT molecular complexity index is 1050. The standard InChI is InChI=1S/C20H26N2O2.2C2HF3O2/c1-23-14-18-12-20(15-24-18)8-10-22(11-9-20)13-17-7-6-16-4-2-3-5-19(16)21-17;2*3-2(4,5)1(6)7/h2-7,18H,8-15H2,1H3;2*(H,6,7). The molecule has 38 heavy (non-hydrogen) atoms. The molecule has 2 N–H and O–H groups in total. The Kier molecular flexibility index (Phi) is 10.9. The number of rotatable bonds is 4. The van der Waals surface area contributed by atoms with E-state index in [1.54, 1.807) is 7.11 Å². The zero-order valence-corrected chi connectivity index (χ0v) is 20.4. The first-order valence-electron chi connectivity index (χ1n) is 11.4. The summed E-state index contributed by atoms with van der Waals surface area (Å²) in [6.45, 7) is 4.86. The average Bonchev–Trinajstić information content (AvgIpc) is 3.22. The van der Waals surface area contributed by atoms with Gasteiger partial charge in [0, 0.05) is 19.0 Å². The van der Waals surface area contributed by atoms with E-state index in [2.05, 4.69) is 41.3 Å². The molecule has 4 rings (SSSR count). The summed E-state index contributed by atoms with van der Waals surface area (Å²) in [5.41, 5.74) is 2.65. The van der Waals surface area contributed by atoms with Gasteiger partial charge < -0.3 is 19.7 Å². The minimum absolute atomic E-state index is 0.295. The highest BCUT2D eigenvalue weighted by molar-refractivity contribution is 5.78. The Hall–Kier alpha value is -2.97. The molecule has 3 heterocycles. The number of hydrogen-bond donors (Lipinski definition) is 2. The molecule has 14 heteroatoms. The summed E-state index contributed by atoms with van der Waals surface area (Å²) in [4.78, 5) is 25.1. The molecule has 2 aliphatic rings. The first kappa shape index (κ1) is 31.2. The van der Waals surface area contributed by atoms with E-state index in [0.29, 0.717) is 11.5 Å². The van der Waals surface area contributed by atoms with Gasteiger partial charge in [-0.25, -0.2) is 9.59 Å². The number of carbonyl (C=O) groups is 2. The van der Waals surface area contributed by atoms with Crippen LogP contribution in [-0.2, 0) is 25.6 Å². The van der Waals surface area contributed by atoms with Crippen molar-refractivity contribution in [3.63, 3.8) is 0 Å². The second-order valence-corrected chi connectivity index (χ2v) is 8.97. The topological polar surface area (TPSA) is 109 Å². The van der Waals surface area contributed by atoms with Crippen LogP contribution >= 0.6 is 0 Å². The Balaban J connectivity index is 0.000000301. The van der Waals surface area contributed by atoms with Gasteiger partial charge in [-0.1, -0.05) is 24.3 Å². The van der Waals surface area contributed by atoms with Crippen molar-refractivity contribution in [2.75, 3.05) is 33.4 Å². The summed E-state index contributed by atoms with van der Waals surface area (Å²) in [5, 5.41) is 15.5. The number of pyridine rings is 1. The molecule has 0 bridgehead atoms. The van der Waals surface area contributed by atoms with Crippen LogP contribution in [0.15, 0.2) is 36.4 Å². The molecule has 212 valence electrons. The summed E-state index contributed by atoms with van der Waals surface area (Å²) < 4.78 is 74.7. The third-order valence-corrected chi connectivity index (χ3v) is 6.08. The molecule has 0 aliphatic carbocycles. The van der Waals surface area contributed by atoms with Gasteiger partial charge in [0.25, 0.3) is 0 Å². The van der Waals surface area contributed by atoms with Gasteiger partial charge >= 0.3 is 24.3 Å². The van der Waals surface area contributed by atoms with Crippen molar-refractivity contribution in [3.8, 4) is 0 Å². The first-order chi connectivity index (χ1) is 17.6. The lowest BCUT2D eigenvalue weighted by Gasteiger charge is -2.38. The zero-order valence-electron chi connectivity index (χ0n) is 20.4. The normalized spacial score (nSPS) is 19.3. The van der Waals surface area contributed by atoms with E-state index in [1.807, 2.05) is 0 Å². The number of likely N-dealkylation sites (tertiary alicyclic amines) is 1. The molecule has 0 radical (unpaired) electrons. The van der Waals surface area contributed by atoms with Crippen molar-refractivity contribution in [1.82, 2.24) is 9.88 Å². The van der Waals surface area contributed by atoms with Crippen LogP contribution < -0.4 is 0 Å². The average molecular weight is 554 g/mol. The molecule has 1 unspecified atom stereocenters. The summed E-state index contributed by atoms with van der Waals surface area (Å²) in [7, 11) is 1.76. The number of fused-ring (bicyclic) bond motifs is 1. The molecular formula is C24H28F6N2O6. The zero-order chi connectivity index (χ0) is 28.6. The van der Waals surface area contributed by atoms with Crippen molar-refractivity contribution in [2.24, 2.45) is 5.41 Å². The predicted octanol–water partition coefficient (Wildman–Crippen LogP) is 4.52. The highest BCUT2D eigenvalue weighted by Crippen LogP contribution is 2.42. The molecule has 2 aliphatic heterocycles. The van der Waals surface area contributed by atoms with Gasteiger partial charge in [-0.05, 0) is 49.9 Å². The van der Waals surface area contributed by atoms with Crippen molar-refractivity contribution in [3.05, 3.63) is 42.1 Å². The number of carboxylic acid groups (broad SMARTS) is 2. The Morgan fingerprint density at radius 1 is 1.03 bits per heavy atom. The number of carboxylic acids is 2. The molecule has 8 nitrogen and oxygen atoms in total. The van der Waals surface area contributed by atoms with Crippen molar-refractivity contribution in [1.29, 1.82) is 0 Å². The molecule has 2 saturated heterocycles. The number of aliphatic carboxylic acids is 2. The fraction of sp³-hybridized carbons (Fsp3) is 0.542. The SMILES string of the molecule is COCC1CC2(CCN(Cc3ccc4ccccc4n3)CC2)CO1.O=C(O)C(F)(F)F.O=C(O)C(F)(F)F. The van der Waals surface area contributed by atoms with E-state index >= 15 is 0 Å². The largest absolute Gasteiger partial charge is 0.490 e. The van der Waals surface area contributed by atoms with Crippen LogP contribution in [-0.4, -0.2) is 83.9 Å².